The van der Waals surface area contributed by atoms with E-state index < -0.39 is 5.60 Å². The van der Waals surface area contributed by atoms with Crippen molar-refractivity contribution in [3.05, 3.63) is 24.0 Å². The Morgan fingerprint density at radius 3 is 2.30 bits per heavy atom. The molecule has 0 spiro atoms. The third-order valence-electron chi connectivity index (χ3n) is 3.42. The van der Waals surface area contributed by atoms with Crippen molar-refractivity contribution < 1.29 is 9.84 Å². The SMILES string of the molecule is CCC(O)(CC)COc1ccc(CNC(C)(C)C)nc1. The molecule has 0 aliphatic carbocycles. The summed E-state index contributed by atoms with van der Waals surface area (Å²) in [5.41, 5.74) is 0.315. The van der Waals surface area contributed by atoms with E-state index >= 15 is 0 Å². The van der Waals surface area contributed by atoms with Crippen molar-refractivity contribution in [2.24, 2.45) is 0 Å². The fourth-order valence-electron chi connectivity index (χ4n) is 1.63. The van der Waals surface area contributed by atoms with Gasteiger partial charge in [0.1, 0.15) is 12.4 Å². The number of pyridine rings is 1. The van der Waals surface area contributed by atoms with Gasteiger partial charge < -0.3 is 15.2 Å². The Hall–Kier alpha value is -1.13. The molecule has 0 unspecified atom stereocenters. The summed E-state index contributed by atoms with van der Waals surface area (Å²) >= 11 is 0. The van der Waals surface area contributed by atoms with Gasteiger partial charge in [0, 0.05) is 12.1 Å². The van der Waals surface area contributed by atoms with E-state index in [2.05, 4.69) is 31.1 Å². The molecule has 0 saturated heterocycles. The molecule has 4 nitrogen and oxygen atoms in total. The number of aromatic nitrogens is 1. The molecule has 0 atom stereocenters. The Labute approximate surface area is 122 Å². The molecule has 1 heterocycles. The first-order valence-corrected chi connectivity index (χ1v) is 7.33. The summed E-state index contributed by atoms with van der Waals surface area (Å²) in [6.07, 6.45) is 3.08. The Morgan fingerprint density at radius 1 is 1.20 bits per heavy atom. The van der Waals surface area contributed by atoms with Gasteiger partial charge in [-0.25, -0.2) is 0 Å². The average molecular weight is 280 g/mol. The van der Waals surface area contributed by atoms with Gasteiger partial charge in [0.05, 0.1) is 17.5 Å². The maximum absolute atomic E-state index is 10.2. The van der Waals surface area contributed by atoms with Gasteiger partial charge in [-0.3, -0.25) is 4.98 Å². The van der Waals surface area contributed by atoms with E-state index in [-0.39, 0.29) is 5.54 Å². The zero-order valence-electron chi connectivity index (χ0n) is 13.4. The van der Waals surface area contributed by atoms with Crippen molar-refractivity contribution in [1.82, 2.24) is 10.3 Å². The second kappa shape index (κ2) is 7.04. The first-order valence-electron chi connectivity index (χ1n) is 7.33. The van der Waals surface area contributed by atoms with Crippen LogP contribution < -0.4 is 10.1 Å². The lowest BCUT2D eigenvalue weighted by molar-refractivity contribution is -0.0114. The van der Waals surface area contributed by atoms with Gasteiger partial charge in [-0.05, 0) is 45.7 Å². The number of hydrogen-bond acceptors (Lipinski definition) is 4. The van der Waals surface area contributed by atoms with E-state index in [1.54, 1.807) is 6.20 Å². The van der Waals surface area contributed by atoms with Crippen LogP contribution in [0.1, 0.15) is 53.2 Å². The van der Waals surface area contributed by atoms with Crippen LogP contribution in [0.25, 0.3) is 0 Å². The molecule has 0 fully saturated rings. The first kappa shape index (κ1) is 16.9. The molecule has 1 aromatic rings. The summed E-state index contributed by atoms with van der Waals surface area (Å²) in [5, 5.41) is 13.6. The average Bonchev–Trinajstić information content (AvgIpc) is 2.43. The minimum absolute atomic E-state index is 0.0790. The van der Waals surface area contributed by atoms with Crippen LogP contribution in [-0.2, 0) is 6.54 Å². The number of rotatable bonds is 7. The van der Waals surface area contributed by atoms with Crippen LogP contribution in [0.15, 0.2) is 18.3 Å². The van der Waals surface area contributed by atoms with Crippen molar-refractivity contribution >= 4 is 0 Å². The fourth-order valence-corrected chi connectivity index (χ4v) is 1.63. The third kappa shape index (κ3) is 5.88. The Morgan fingerprint density at radius 2 is 1.85 bits per heavy atom. The summed E-state index contributed by atoms with van der Waals surface area (Å²) < 4.78 is 5.62. The Kier molecular flexibility index (Phi) is 5.96. The lowest BCUT2D eigenvalue weighted by atomic mass is 9.99. The van der Waals surface area contributed by atoms with Crippen molar-refractivity contribution in [2.45, 2.75) is 65.1 Å². The predicted molar refractivity (Wildman–Crippen MR) is 81.9 cm³/mol. The smallest absolute Gasteiger partial charge is 0.137 e. The first-order chi connectivity index (χ1) is 9.28. The molecule has 114 valence electrons. The van der Waals surface area contributed by atoms with E-state index in [9.17, 15) is 5.11 Å². The largest absolute Gasteiger partial charge is 0.489 e. The van der Waals surface area contributed by atoms with Crippen LogP contribution in [0.4, 0.5) is 0 Å². The molecule has 0 amide bonds. The quantitative estimate of drug-likeness (QED) is 0.806. The van der Waals surface area contributed by atoms with Gasteiger partial charge in [0.25, 0.3) is 0 Å². The minimum Gasteiger partial charge on any atom is -0.489 e. The highest BCUT2D eigenvalue weighted by molar-refractivity contribution is 5.20. The molecule has 1 aromatic heterocycles. The number of nitrogens with one attached hydrogen (secondary N) is 1. The minimum atomic E-state index is -0.744. The lowest BCUT2D eigenvalue weighted by Gasteiger charge is -2.25. The molecule has 0 saturated carbocycles. The van der Waals surface area contributed by atoms with E-state index in [0.717, 1.165) is 12.2 Å². The van der Waals surface area contributed by atoms with Gasteiger partial charge in [0.15, 0.2) is 0 Å². The summed E-state index contributed by atoms with van der Waals surface area (Å²) in [5.74, 6) is 0.699. The maximum atomic E-state index is 10.2. The van der Waals surface area contributed by atoms with E-state index in [0.29, 0.717) is 25.2 Å². The fraction of sp³-hybridized carbons (Fsp3) is 0.688. The van der Waals surface area contributed by atoms with Gasteiger partial charge >= 0.3 is 0 Å². The molecular weight excluding hydrogens is 252 g/mol. The highest BCUT2D eigenvalue weighted by Crippen LogP contribution is 2.18. The van der Waals surface area contributed by atoms with Gasteiger partial charge in [0.2, 0.25) is 0 Å². The summed E-state index contributed by atoms with van der Waals surface area (Å²) in [6.45, 7) is 11.3. The Balaban J connectivity index is 2.50. The number of hydrogen-bond donors (Lipinski definition) is 2. The highest BCUT2D eigenvalue weighted by Gasteiger charge is 2.23. The number of aliphatic hydroxyl groups is 1. The molecule has 0 aliphatic heterocycles. The van der Waals surface area contributed by atoms with E-state index in [1.807, 2.05) is 26.0 Å². The topological polar surface area (TPSA) is 54.4 Å². The van der Waals surface area contributed by atoms with Crippen molar-refractivity contribution in [1.29, 1.82) is 0 Å². The van der Waals surface area contributed by atoms with E-state index in [1.165, 1.54) is 0 Å². The van der Waals surface area contributed by atoms with Gasteiger partial charge in [-0.15, -0.1) is 0 Å². The van der Waals surface area contributed by atoms with Gasteiger partial charge in [-0.1, -0.05) is 13.8 Å². The molecule has 0 aliphatic rings. The molecule has 0 aromatic carbocycles. The lowest BCUT2D eigenvalue weighted by Crippen LogP contribution is -2.35. The number of nitrogens with zero attached hydrogens (tertiary/aromatic N) is 1. The molecule has 1 rings (SSSR count). The predicted octanol–water partition coefficient (Wildman–Crippen LogP) is 2.90. The monoisotopic (exact) mass is 280 g/mol. The van der Waals surface area contributed by atoms with Gasteiger partial charge in [-0.2, -0.15) is 0 Å². The normalized spacial score (nSPS) is 12.5. The van der Waals surface area contributed by atoms with Crippen molar-refractivity contribution in [2.75, 3.05) is 6.61 Å². The van der Waals surface area contributed by atoms with Crippen molar-refractivity contribution in [3.63, 3.8) is 0 Å². The standard InChI is InChI=1S/C16H28N2O2/c1-6-16(19,7-2)12-20-14-9-8-13(17-11-14)10-18-15(3,4)5/h8-9,11,18-19H,6-7,10,12H2,1-5H3. The molecule has 20 heavy (non-hydrogen) atoms. The molecule has 0 bridgehead atoms. The zero-order valence-corrected chi connectivity index (χ0v) is 13.4. The molecule has 4 heteroatoms. The second-order valence-electron chi connectivity index (χ2n) is 6.31. The summed E-state index contributed by atoms with van der Waals surface area (Å²) in [6, 6.07) is 3.85. The molecular formula is C16H28N2O2. The maximum Gasteiger partial charge on any atom is 0.137 e. The van der Waals surface area contributed by atoms with Crippen LogP contribution in [0.2, 0.25) is 0 Å². The van der Waals surface area contributed by atoms with Crippen LogP contribution in [0.5, 0.6) is 5.75 Å². The zero-order chi connectivity index (χ0) is 15.2. The van der Waals surface area contributed by atoms with Crippen LogP contribution in [0, 0.1) is 0 Å². The third-order valence-corrected chi connectivity index (χ3v) is 3.42. The number of ether oxygens (including phenoxy) is 1. The summed E-state index contributed by atoms with van der Waals surface area (Å²) in [7, 11) is 0. The van der Waals surface area contributed by atoms with Crippen LogP contribution in [-0.4, -0.2) is 27.8 Å². The van der Waals surface area contributed by atoms with Crippen molar-refractivity contribution in [3.8, 4) is 5.75 Å². The highest BCUT2D eigenvalue weighted by atomic mass is 16.5. The Bertz CT molecular complexity index is 392. The molecule has 0 radical (unpaired) electrons. The van der Waals surface area contributed by atoms with Crippen LogP contribution in [0.3, 0.4) is 0 Å². The second-order valence-corrected chi connectivity index (χ2v) is 6.31. The summed E-state index contributed by atoms with van der Waals surface area (Å²) in [4.78, 5) is 4.36. The van der Waals surface area contributed by atoms with E-state index in [4.69, 9.17) is 4.74 Å². The van der Waals surface area contributed by atoms with Crippen LogP contribution >= 0.6 is 0 Å². The molecule has 2 N–H and O–H groups in total.